The monoisotopic (exact) mass is 632 g/mol. The maximum Gasteiger partial charge on any atom is 0.295 e. The minimum Gasteiger partial charge on any atom is -0.282 e. The normalized spacial score (nSPS) is 12.8. The van der Waals surface area contributed by atoms with Crippen LogP contribution in [-0.2, 0) is 30.4 Å². The molecule has 15 nitrogen and oxygen atoms in total. The number of nitro benzene ring substituents is 1. The highest BCUT2D eigenvalue weighted by atomic mass is 32.2. The van der Waals surface area contributed by atoms with Crippen LogP contribution >= 0.6 is 0 Å². The number of fused-ring (bicyclic) bond motifs is 3. The lowest BCUT2D eigenvalue weighted by Crippen LogP contribution is -2.05. The first-order valence-corrected chi connectivity index (χ1v) is 15.7. The lowest BCUT2D eigenvalue weighted by Gasteiger charge is -2.07. The van der Waals surface area contributed by atoms with Crippen molar-refractivity contribution in [2.24, 2.45) is 0 Å². The zero-order valence-corrected chi connectivity index (χ0v) is 23.1. The quantitative estimate of drug-likeness (QED) is 0.101. The van der Waals surface area contributed by atoms with E-state index in [1.165, 1.54) is 18.2 Å². The number of hydrogen-bond donors (Lipinski definition) is 3. The van der Waals surface area contributed by atoms with E-state index in [9.17, 15) is 49.0 Å². The number of aromatic nitrogens is 3. The van der Waals surface area contributed by atoms with Crippen molar-refractivity contribution in [1.29, 1.82) is 0 Å². The molecule has 5 rings (SSSR count). The van der Waals surface area contributed by atoms with Gasteiger partial charge in [-0.1, -0.05) is 42.5 Å². The zero-order valence-electron chi connectivity index (χ0n) is 20.6. The van der Waals surface area contributed by atoms with E-state index in [-0.39, 0.29) is 33.2 Å². The van der Waals surface area contributed by atoms with Crippen LogP contribution in [0.1, 0.15) is 11.1 Å². The molecule has 0 radical (unpaired) electrons. The van der Waals surface area contributed by atoms with Gasteiger partial charge in [-0.2, -0.15) is 30.0 Å². The standard InChI is InChI=1S/C24H16N4O11S3/c29-28(30)17-10-8-15(22(12-17)41(34,35)36)6-5-14-7-9-16(11-21(14)40(31,32)33)27-25-20-13-23(42(37,38)39)18-3-1-2-4-19(18)24(20)26-27/h1-13H,(H,31,32,33)(H,34,35,36)(H,37,38,39)/b6-5+. The van der Waals surface area contributed by atoms with E-state index in [0.29, 0.717) is 11.5 Å². The Kier molecular flexibility index (Phi) is 6.92. The van der Waals surface area contributed by atoms with E-state index in [1.54, 1.807) is 18.2 Å². The fourth-order valence-corrected chi connectivity index (χ4v) is 6.35. The molecule has 216 valence electrons. The average Bonchev–Trinajstić information content (AvgIpc) is 3.34. The summed E-state index contributed by atoms with van der Waals surface area (Å²) < 4.78 is 101. The third kappa shape index (κ3) is 5.49. The number of nitrogens with zero attached hydrogens (tertiary/aromatic N) is 4. The van der Waals surface area contributed by atoms with Gasteiger partial charge in [0.25, 0.3) is 36.0 Å². The molecule has 0 saturated carbocycles. The molecule has 3 N–H and O–H groups in total. The van der Waals surface area contributed by atoms with Crippen LogP contribution < -0.4 is 0 Å². The molecule has 0 aliphatic rings. The Morgan fingerprint density at radius 3 is 1.81 bits per heavy atom. The molecule has 0 fully saturated rings. The summed E-state index contributed by atoms with van der Waals surface area (Å²) >= 11 is 0. The first-order chi connectivity index (χ1) is 19.5. The number of benzene rings is 4. The molecular weight excluding hydrogens is 616 g/mol. The Morgan fingerprint density at radius 1 is 0.690 bits per heavy atom. The fraction of sp³-hybridized carbons (Fsp3) is 0. The van der Waals surface area contributed by atoms with Gasteiger partial charge < -0.3 is 0 Å². The first-order valence-electron chi connectivity index (χ1n) is 11.4. The predicted molar refractivity (Wildman–Crippen MR) is 148 cm³/mol. The van der Waals surface area contributed by atoms with Crippen LogP contribution in [0, 0.1) is 10.1 Å². The van der Waals surface area contributed by atoms with Gasteiger partial charge in [0, 0.05) is 22.9 Å². The molecule has 0 spiro atoms. The van der Waals surface area contributed by atoms with E-state index < -0.39 is 55.7 Å². The Labute approximate surface area is 236 Å². The van der Waals surface area contributed by atoms with Gasteiger partial charge in [0.2, 0.25) is 0 Å². The summed E-state index contributed by atoms with van der Waals surface area (Å²) in [5.74, 6) is 0. The number of rotatable bonds is 7. The highest BCUT2D eigenvalue weighted by Crippen LogP contribution is 2.31. The van der Waals surface area contributed by atoms with Gasteiger partial charge in [0.15, 0.2) is 0 Å². The molecule has 5 aromatic rings. The van der Waals surface area contributed by atoms with E-state index >= 15 is 0 Å². The number of nitro groups is 1. The summed E-state index contributed by atoms with van der Waals surface area (Å²) in [6.45, 7) is 0. The lowest BCUT2D eigenvalue weighted by atomic mass is 10.1. The molecule has 1 heterocycles. The van der Waals surface area contributed by atoms with Gasteiger partial charge in [-0.15, -0.1) is 10.2 Å². The molecule has 0 saturated heterocycles. The SMILES string of the molecule is O=[N+]([O-])c1ccc(/C=C/c2ccc(-n3nc4cc(S(=O)(=O)O)c5ccccc5c4n3)cc2S(=O)(=O)O)c(S(=O)(=O)O)c1. The summed E-state index contributed by atoms with van der Waals surface area (Å²) in [4.78, 5) is 9.27. The molecule has 4 aromatic carbocycles. The molecule has 0 atom stereocenters. The van der Waals surface area contributed by atoms with Crippen molar-refractivity contribution in [3.8, 4) is 5.69 Å². The largest absolute Gasteiger partial charge is 0.295 e. The van der Waals surface area contributed by atoms with Crippen LogP contribution in [0.3, 0.4) is 0 Å². The van der Waals surface area contributed by atoms with Crippen molar-refractivity contribution in [2.75, 3.05) is 0 Å². The van der Waals surface area contributed by atoms with Gasteiger partial charge in [-0.25, -0.2) is 0 Å². The van der Waals surface area contributed by atoms with Crippen molar-refractivity contribution >= 4 is 70.0 Å². The molecule has 42 heavy (non-hydrogen) atoms. The maximum atomic E-state index is 12.3. The van der Waals surface area contributed by atoms with Gasteiger partial charge in [-0.3, -0.25) is 23.8 Å². The van der Waals surface area contributed by atoms with Crippen LogP contribution in [0.5, 0.6) is 0 Å². The van der Waals surface area contributed by atoms with E-state index in [4.69, 9.17) is 0 Å². The van der Waals surface area contributed by atoms with E-state index in [0.717, 1.165) is 41.2 Å². The molecular formula is C24H16N4O11S3. The van der Waals surface area contributed by atoms with Crippen molar-refractivity contribution in [3.63, 3.8) is 0 Å². The number of non-ortho nitro benzene ring substituents is 1. The highest BCUT2D eigenvalue weighted by molar-refractivity contribution is 7.86. The van der Waals surface area contributed by atoms with E-state index in [1.807, 2.05) is 0 Å². The molecule has 0 aliphatic heterocycles. The summed E-state index contributed by atoms with van der Waals surface area (Å²) in [6, 6.07) is 13.5. The minimum atomic E-state index is -4.91. The second kappa shape index (κ2) is 10.0. The Morgan fingerprint density at radius 2 is 1.24 bits per heavy atom. The second-order valence-corrected chi connectivity index (χ2v) is 12.9. The van der Waals surface area contributed by atoms with Crippen LogP contribution in [0.15, 0.2) is 81.4 Å². The molecule has 0 aliphatic carbocycles. The molecule has 1 aromatic heterocycles. The van der Waals surface area contributed by atoms with Gasteiger partial charge in [0.1, 0.15) is 25.7 Å². The fourth-order valence-electron chi connectivity index (χ4n) is 4.23. The van der Waals surface area contributed by atoms with Gasteiger partial charge in [-0.05, 0) is 35.4 Å². The summed E-state index contributed by atoms with van der Waals surface area (Å²) in [5, 5.41) is 20.1. The van der Waals surface area contributed by atoms with Crippen LogP contribution in [-0.4, -0.2) is 58.8 Å². The highest BCUT2D eigenvalue weighted by Gasteiger charge is 2.22. The molecule has 18 heteroatoms. The third-order valence-corrected chi connectivity index (χ3v) is 8.78. The van der Waals surface area contributed by atoms with Crippen LogP contribution in [0.2, 0.25) is 0 Å². The Balaban J connectivity index is 1.64. The summed E-state index contributed by atoms with van der Waals surface area (Å²) in [6.07, 6.45) is 2.17. The topological polar surface area (TPSA) is 237 Å². The van der Waals surface area contributed by atoms with Gasteiger partial charge in [0.05, 0.1) is 10.6 Å². The maximum absolute atomic E-state index is 12.3. The first kappa shape index (κ1) is 28.9. The second-order valence-electron chi connectivity index (χ2n) is 8.74. The van der Waals surface area contributed by atoms with Crippen molar-refractivity contribution in [3.05, 3.63) is 88.0 Å². The van der Waals surface area contributed by atoms with Gasteiger partial charge >= 0.3 is 0 Å². The Bertz CT molecular complexity index is 2310. The molecule has 0 bridgehead atoms. The average molecular weight is 633 g/mol. The predicted octanol–water partition coefficient (Wildman–Crippen LogP) is 3.39. The molecule has 0 unspecified atom stereocenters. The third-order valence-electron chi connectivity index (χ3n) is 6.07. The Hall–Kier alpha value is -4.59. The summed E-state index contributed by atoms with van der Waals surface area (Å²) in [7, 11) is -14.5. The zero-order chi connectivity index (χ0) is 30.6. The van der Waals surface area contributed by atoms with Crippen molar-refractivity contribution < 1.29 is 43.8 Å². The van der Waals surface area contributed by atoms with Crippen LogP contribution in [0.4, 0.5) is 5.69 Å². The number of hydrogen-bond acceptors (Lipinski definition) is 10. The minimum absolute atomic E-state index is 0.0161. The lowest BCUT2D eigenvalue weighted by molar-refractivity contribution is -0.385. The van der Waals surface area contributed by atoms with Crippen molar-refractivity contribution in [2.45, 2.75) is 14.7 Å². The van der Waals surface area contributed by atoms with Crippen molar-refractivity contribution in [1.82, 2.24) is 15.0 Å². The summed E-state index contributed by atoms with van der Waals surface area (Å²) in [5.41, 5.74) is -0.673. The van der Waals surface area contributed by atoms with Crippen LogP contribution in [0.25, 0.3) is 39.6 Å². The smallest absolute Gasteiger partial charge is 0.282 e. The van der Waals surface area contributed by atoms with E-state index in [2.05, 4.69) is 10.2 Å². The molecule has 0 amide bonds.